The molecule has 2 amide bonds. The summed E-state index contributed by atoms with van der Waals surface area (Å²) in [4.78, 5) is 41.7. The standard InChI is InChI=1S/C23H23N3O3/c27-21-14-19(18-6-2-3-7-20(18)25-21)22(28)24-15-16-8-10-17(11-9-16)23(29)26-12-4-1-5-13-26/h2-3,6-11,14H,1,4-5,12-13,15H2,(H,24,28)(H,25,27). The molecular formula is C23H23N3O3. The van der Waals surface area contributed by atoms with E-state index in [1.54, 1.807) is 24.3 Å². The molecule has 0 unspecified atom stereocenters. The highest BCUT2D eigenvalue weighted by molar-refractivity contribution is 6.05. The van der Waals surface area contributed by atoms with Gasteiger partial charge in [0.05, 0.1) is 5.56 Å². The smallest absolute Gasteiger partial charge is 0.253 e. The van der Waals surface area contributed by atoms with Gasteiger partial charge in [-0.1, -0.05) is 30.3 Å². The molecule has 0 saturated carbocycles. The fourth-order valence-electron chi connectivity index (χ4n) is 3.71. The van der Waals surface area contributed by atoms with Gasteiger partial charge in [-0.25, -0.2) is 0 Å². The highest BCUT2D eigenvalue weighted by Crippen LogP contribution is 2.16. The number of nitrogens with one attached hydrogen (secondary N) is 2. The lowest BCUT2D eigenvalue weighted by Crippen LogP contribution is -2.35. The largest absolute Gasteiger partial charge is 0.348 e. The molecular weight excluding hydrogens is 366 g/mol. The number of aromatic amines is 1. The van der Waals surface area contributed by atoms with E-state index in [0.717, 1.165) is 31.5 Å². The summed E-state index contributed by atoms with van der Waals surface area (Å²) in [5.41, 5.74) is 2.23. The lowest BCUT2D eigenvalue weighted by Gasteiger charge is -2.26. The Hall–Kier alpha value is -3.41. The van der Waals surface area contributed by atoms with E-state index in [0.29, 0.717) is 28.6 Å². The average Bonchev–Trinajstić information content (AvgIpc) is 2.77. The number of nitrogens with zero attached hydrogens (tertiary/aromatic N) is 1. The zero-order valence-corrected chi connectivity index (χ0v) is 16.1. The van der Waals surface area contributed by atoms with Gasteiger partial charge >= 0.3 is 0 Å². The molecule has 2 heterocycles. The van der Waals surface area contributed by atoms with Crippen LogP contribution in [0.25, 0.3) is 10.9 Å². The Morgan fingerprint density at radius 3 is 2.45 bits per heavy atom. The summed E-state index contributed by atoms with van der Waals surface area (Å²) in [5.74, 6) is -0.240. The minimum absolute atomic E-state index is 0.0651. The number of H-pyrrole nitrogens is 1. The summed E-state index contributed by atoms with van der Waals surface area (Å²) in [5, 5.41) is 3.56. The van der Waals surface area contributed by atoms with Gasteiger partial charge in [-0.15, -0.1) is 0 Å². The van der Waals surface area contributed by atoms with E-state index in [9.17, 15) is 14.4 Å². The first-order valence-electron chi connectivity index (χ1n) is 9.90. The monoisotopic (exact) mass is 389 g/mol. The van der Waals surface area contributed by atoms with Gasteiger partial charge in [-0.2, -0.15) is 0 Å². The molecule has 1 fully saturated rings. The molecule has 1 aromatic heterocycles. The fourth-order valence-corrected chi connectivity index (χ4v) is 3.71. The maximum atomic E-state index is 12.6. The second-order valence-corrected chi connectivity index (χ2v) is 7.33. The van der Waals surface area contributed by atoms with Gasteiger partial charge in [0.25, 0.3) is 11.8 Å². The number of carbonyl (C=O) groups excluding carboxylic acids is 2. The topological polar surface area (TPSA) is 82.3 Å². The number of rotatable bonds is 4. The summed E-state index contributed by atoms with van der Waals surface area (Å²) in [6.07, 6.45) is 3.31. The first-order chi connectivity index (χ1) is 14.1. The number of piperidine rings is 1. The lowest BCUT2D eigenvalue weighted by atomic mass is 10.1. The number of benzene rings is 2. The van der Waals surface area contributed by atoms with E-state index >= 15 is 0 Å². The third-order valence-corrected chi connectivity index (χ3v) is 5.29. The molecule has 0 radical (unpaired) electrons. The number of hydrogen-bond donors (Lipinski definition) is 2. The average molecular weight is 389 g/mol. The molecule has 4 rings (SSSR count). The highest BCUT2D eigenvalue weighted by Gasteiger charge is 2.18. The van der Waals surface area contributed by atoms with Crippen LogP contribution in [-0.2, 0) is 6.54 Å². The van der Waals surface area contributed by atoms with Gasteiger partial charge in [0, 0.05) is 42.2 Å². The maximum Gasteiger partial charge on any atom is 0.253 e. The molecule has 0 aliphatic carbocycles. The molecule has 6 heteroatoms. The summed E-state index contributed by atoms with van der Waals surface area (Å²) < 4.78 is 0. The van der Waals surface area contributed by atoms with Crippen molar-refractivity contribution in [3.05, 3.63) is 81.6 Å². The lowest BCUT2D eigenvalue weighted by molar-refractivity contribution is 0.0724. The Labute approximate surface area is 168 Å². The van der Waals surface area contributed by atoms with Gasteiger partial charge in [0.2, 0.25) is 5.56 Å². The van der Waals surface area contributed by atoms with Crippen LogP contribution in [0.15, 0.2) is 59.4 Å². The second kappa shape index (κ2) is 8.31. The third-order valence-electron chi connectivity index (χ3n) is 5.29. The van der Waals surface area contributed by atoms with Crippen LogP contribution in [0.4, 0.5) is 0 Å². The minimum atomic E-state index is -0.311. The first-order valence-corrected chi connectivity index (χ1v) is 9.90. The molecule has 3 aromatic rings. The zero-order valence-electron chi connectivity index (χ0n) is 16.1. The van der Waals surface area contributed by atoms with Crippen molar-refractivity contribution in [3.8, 4) is 0 Å². The molecule has 29 heavy (non-hydrogen) atoms. The third kappa shape index (κ3) is 4.21. The van der Waals surface area contributed by atoms with Gasteiger partial charge in [0.1, 0.15) is 0 Å². The molecule has 1 aliphatic rings. The Morgan fingerprint density at radius 2 is 1.69 bits per heavy atom. The van der Waals surface area contributed by atoms with E-state index in [2.05, 4.69) is 10.3 Å². The summed E-state index contributed by atoms with van der Waals surface area (Å²) in [6.45, 7) is 1.96. The van der Waals surface area contributed by atoms with Crippen LogP contribution in [0, 0.1) is 0 Å². The molecule has 148 valence electrons. The number of carbonyl (C=O) groups is 2. The summed E-state index contributed by atoms with van der Waals surface area (Å²) in [7, 11) is 0. The number of aromatic nitrogens is 1. The van der Waals surface area contributed by atoms with Crippen LogP contribution in [0.2, 0.25) is 0 Å². The van der Waals surface area contributed by atoms with E-state index in [1.807, 2.05) is 29.2 Å². The van der Waals surface area contributed by atoms with Gasteiger partial charge in [-0.3, -0.25) is 14.4 Å². The maximum absolute atomic E-state index is 12.6. The van der Waals surface area contributed by atoms with E-state index < -0.39 is 0 Å². The molecule has 2 aromatic carbocycles. The van der Waals surface area contributed by atoms with Crippen molar-refractivity contribution in [1.82, 2.24) is 15.2 Å². The van der Waals surface area contributed by atoms with E-state index in [4.69, 9.17) is 0 Å². The first kappa shape index (κ1) is 18.9. The van der Waals surface area contributed by atoms with E-state index in [-0.39, 0.29) is 17.4 Å². The van der Waals surface area contributed by atoms with Crippen molar-refractivity contribution < 1.29 is 9.59 Å². The Kier molecular flexibility index (Phi) is 5.42. The zero-order chi connectivity index (χ0) is 20.2. The van der Waals surface area contributed by atoms with Crippen LogP contribution >= 0.6 is 0 Å². The number of pyridine rings is 1. The molecule has 6 nitrogen and oxygen atoms in total. The predicted octanol–water partition coefficient (Wildman–Crippen LogP) is 3.08. The number of para-hydroxylation sites is 1. The number of fused-ring (bicyclic) bond motifs is 1. The van der Waals surface area contributed by atoms with Gasteiger partial charge in [0.15, 0.2) is 0 Å². The van der Waals surface area contributed by atoms with Crippen molar-refractivity contribution in [3.63, 3.8) is 0 Å². The van der Waals surface area contributed by atoms with Crippen molar-refractivity contribution in [2.75, 3.05) is 13.1 Å². The predicted molar refractivity (Wildman–Crippen MR) is 112 cm³/mol. The SMILES string of the molecule is O=C(NCc1ccc(C(=O)N2CCCCC2)cc1)c1cc(=O)[nH]c2ccccc12. The van der Waals surface area contributed by atoms with Crippen molar-refractivity contribution in [2.24, 2.45) is 0 Å². The molecule has 1 saturated heterocycles. The normalized spacial score (nSPS) is 14.0. The Morgan fingerprint density at radius 1 is 0.966 bits per heavy atom. The molecule has 2 N–H and O–H groups in total. The highest BCUT2D eigenvalue weighted by atomic mass is 16.2. The number of likely N-dealkylation sites (tertiary alicyclic amines) is 1. The van der Waals surface area contributed by atoms with Crippen LogP contribution in [-0.4, -0.2) is 34.8 Å². The van der Waals surface area contributed by atoms with Crippen molar-refractivity contribution in [2.45, 2.75) is 25.8 Å². The minimum Gasteiger partial charge on any atom is -0.348 e. The van der Waals surface area contributed by atoms with Crippen LogP contribution < -0.4 is 10.9 Å². The Bertz CT molecular complexity index is 1100. The number of amides is 2. The van der Waals surface area contributed by atoms with E-state index in [1.165, 1.54) is 12.5 Å². The quantitative estimate of drug-likeness (QED) is 0.719. The molecule has 0 atom stereocenters. The van der Waals surface area contributed by atoms with Gasteiger partial charge in [-0.05, 0) is 43.0 Å². The van der Waals surface area contributed by atoms with Crippen LogP contribution in [0.5, 0.6) is 0 Å². The fraction of sp³-hybridized carbons (Fsp3) is 0.261. The van der Waals surface area contributed by atoms with Crippen molar-refractivity contribution >= 4 is 22.7 Å². The second-order valence-electron chi connectivity index (χ2n) is 7.33. The van der Waals surface area contributed by atoms with Gasteiger partial charge < -0.3 is 15.2 Å². The van der Waals surface area contributed by atoms with Crippen LogP contribution in [0.3, 0.4) is 0 Å². The summed E-state index contributed by atoms with van der Waals surface area (Å²) in [6, 6.07) is 15.9. The Balaban J connectivity index is 1.44. The number of hydrogen-bond acceptors (Lipinski definition) is 3. The molecule has 1 aliphatic heterocycles. The van der Waals surface area contributed by atoms with Crippen molar-refractivity contribution in [1.29, 1.82) is 0 Å². The molecule has 0 spiro atoms. The molecule has 0 bridgehead atoms. The van der Waals surface area contributed by atoms with Crippen LogP contribution in [0.1, 0.15) is 45.5 Å². The summed E-state index contributed by atoms with van der Waals surface area (Å²) >= 11 is 0.